The summed E-state index contributed by atoms with van der Waals surface area (Å²) in [5.74, 6) is 0.519. The summed E-state index contributed by atoms with van der Waals surface area (Å²) in [5.41, 5.74) is 5.71. The normalized spacial score (nSPS) is 19.1. The standard InChI is InChI=1S/C14H28N4O2/c1-3-5-6-7-13(19)18-10-8-17(9-11-18)12(4-2)14(15)16-20/h12,20H,3-11H2,1-2H3,(H2,15,16). The smallest absolute Gasteiger partial charge is 0.222 e. The third-order valence-electron chi connectivity index (χ3n) is 3.95. The van der Waals surface area contributed by atoms with Gasteiger partial charge in [0.05, 0.1) is 6.04 Å². The molecule has 20 heavy (non-hydrogen) atoms. The Morgan fingerprint density at radius 2 is 1.90 bits per heavy atom. The van der Waals surface area contributed by atoms with Crippen molar-refractivity contribution in [2.24, 2.45) is 10.9 Å². The summed E-state index contributed by atoms with van der Waals surface area (Å²) in [4.78, 5) is 16.1. The summed E-state index contributed by atoms with van der Waals surface area (Å²) < 4.78 is 0. The molecule has 3 N–H and O–H groups in total. The molecule has 1 atom stereocenters. The van der Waals surface area contributed by atoms with Gasteiger partial charge in [0, 0.05) is 32.6 Å². The summed E-state index contributed by atoms with van der Waals surface area (Å²) >= 11 is 0. The summed E-state index contributed by atoms with van der Waals surface area (Å²) in [6, 6.07) is -0.0302. The molecule has 116 valence electrons. The fourth-order valence-corrected chi connectivity index (χ4v) is 2.69. The summed E-state index contributed by atoms with van der Waals surface area (Å²) in [6.45, 7) is 7.20. The highest BCUT2D eigenvalue weighted by molar-refractivity contribution is 5.85. The number of oxime groups is 1. The Morgan fingerprint density at radius 3 is 2.40 bits per heavy atom. The van der Waals surface area contributed by atoms with Gasteiger partial charge in [-0.2, -0.15) is 0 Å². The van der Waals surface area contributed by atoms with E-state index >= 15 is 0 Å². The van der Waals surface area contributed by atoms with E-state index in [2.05, 4.69) is 17.0 Å². The van der Waals surface area contributed by atoms with Crippen molar-refractivity contribution in [3.05, 3.63) is 0 Å². The average molecular weight is 284 g/mol. The first kappa shape index (κ1) is 16.8. The van der Waals surface area contributed by atoms with Gasteiger partial charge in [-0.1, -0.05) is 31.8 Å². The van der Waals surface area contributed by atoms with E-state index in [9.17, 15) is 4.79 Å². The highest BCUT2D eigenvalue weighted by Gasteiger charge is 2.27. The fourth-order valence-electron chi connectivity index (χ4n) is 2.69. The SMILES string of the molecule is CCCCCC(=O)N1CCN(C(CC)C(N)=NO)CC1. The minimum atomic E-state index is -0.0302. The van der Waals surface area contributed by atoms with Crippen LogP contribution in [0.5, 0.6) is 0 Å². The number of nitrogens with zero attached hydrogens (tertiary/aromatic N) is 3. The zero-order valence-electron chi connectivity index (χ0n) is 12.7. The molecule has 0 aliphatic carbocycles. The number of carbonyl (C=O) groups excluding carboxylic acids is 1. The van der Waals surface area contributed by atoms with Gasteiger partial charge in [-0.25, -0.2) is 0 Å². The van der Waals surface area contributed by atoms with E-state index in [4.69, 9.17) is 10.9 Å². The Bertz CT molecular complexity index is 325. The molecule has 6 nitrogen and oxygen atoms in total. The lowest BCUT2D eigenvalue weighted by Crippen LogP contribution is -2.55. The number of unbranched alkanes of at least 4 members (excludes halogenated alkanes) is 2. The molecule has 6 heteroatoms. The molecule has 0 aromatic rings. The molecule has 1 unspecified atom stereocenters. The third kappa shape index (κ3) is 4.67. The molecule has 1 fully saturated rings. The van der Waals surface area contributed by atoms with Gasteiger partial charge in [-0.05, 0) is 12.8 Å². The molecule has 1 amide bonds. The quantitative estimate of drug-likeness (QED) is 0.242. The number of amides is 1. The third-order valence-corrected chi connectivity index (χ3v) is 3.95. The van der Waals surface area contributed by atoms with Crippen molar-refractivity contribution < 1.29 is 10.0 Å². The van der Waals surface area contributed by atoms with Crippen LogP contribution >= 0.6 is 0 Å². The van der Waals surface area contributed by atoms with Crippen molar-refractivity contribution >= 4 is 11.7 Å². The monoisotopic (exact) mass is 284 g/mol. The Kier molecular flexibility index (Phi) is 7.36. The molecular weight excluding hydrogens is 256 g/mol. The van der Waals surface area contributed by atoms with Crippen molar-refractivity contribution in [2.75, 3.05) is 26.2 Å². The van der Waals surface area contributed by atoms with E-state index in [-0.39, 0.29) is 17.8 Å². The van der Waals surface area contributed by atoms with E-state index in [0.717, 1.165) is 51.9 Å². The first-order valence-corrected chi connectivity index (χ1v) is 7.63. The van der Waals surface area contributed by atoms with Crippen molar-refractivity contribution in [3.63, 3.8) is 0 Å². The fraction of sp³-hybridized carbons (Fsp3) is 0.857. The number of nitrogens with two attached hydrogens (primary N) is 1. The largest absolute Gasteiger partial charge is 0.409 e. The topological polar surface area (TPSA) is 82.2 Å². The van der Waals surface area contributed by atoms with Crippen LogP contribution < -0.4 is 5.73 Å². The number of hydrogen-bond acceptors (Lipinski definition) is 4. The first-order chi connectivity index (χ1) is 9.63. The minimum Gasteiger partial charge on any atom is -0.409 e. The van der Waals surface area contributed by atoms with Gasteiger partial charge in [-0.3, -0.25) is 9.69 Å². The predicted octanol–water partition coefficient (Wildman–Crippen LogP) is 1.24. The maximum absolute atomic E-state index is 12.0. The number of carbonyl (C=O) groups is 1. The molecule has 1 aliphatic rings. The van der Waals surface area contributed by atoms with Gasteiger partial charge in [-0.15, -0.1) is 0 Å². The van der Waals surface area contributed by atoms with Gasteiger partial charge in [0.15, 0.2) is 5.84 Å². The number of rotatable bonds is 7. The lowest BCUT2D eigenvalue weighted by molar-refractivity contribution is -0.133. The average Bonchev–Trinajstić information content (AvgIpc) is 2.48. The Hall–Kier alpha value is -1.30. The lowest BCUT2D eigenvalue weighted by Gasteiger charge is -2.38. The summed E-state index contributed by atoms with van der Waals surface area (Å²) in [6.07, 6.45) is 4.70. The zero-order chi connectivity index (χ0) is 15.0. The van der Waals surface area contributed by atoms with E-state index in [0.29, 0.717) is 6.42 Å². The molecule has 0 spiro atoms. The Balaban J connectivity index is 2.40. The molecule has 0 aromatic carbocycles. The van der Waals surface area contributed by atoms with Gasteiger partial charge in [0.2, 0.25) is 5.91 Å². The van der Waals surface area contributed by atoms with Crippen molar-refractivity contribution in [1.82, 2.24) is 9.80 Å². The molecular formula is C14H28N4O2. The molecule has 1 aliphatic heterocycles. The maximum Gasteiger partial charge on any atom is 0.222 e. The van der Waals surface area contributed by atoms with Crippen LogP contribution in [0.15, 0.2) is 5.16 Å². The molecule has 0 aromatic heterocycles. The second kappa shape index (κ2) is 8.79. The van der Waals surface area contributed by atoms with Crippen LogP contribution in [0.3, 0.4) is 0 Å². The van der Waals surface area contributed by atoms with E-state index in [1.165, 1.54) is 0 Å². The van der Waals surface area contributed by atoms with Crippen LogP contribution in [0, 0.1) is 0 Å². The highest BCUT2D eigenvalue weighted by Crippen LogP contribution is 2.11. The zero-order valence-corrected chi connectivity index (χ0v) is 12.7. The van der Waals surface area contributed by atoms with Crippen molar-refractivity contribution in [3.8, 4) is 0 Å². The van der Waals surface area contributed by atoms with E-state index in [1.54, 1.807) is 0 Å². The summed E-state index contributed by atoms with van der Waals surface area (Å²) in [7, 11) is 0. The predicted molar refractivity (Wildman–Crippen MR) is 79.8 cm³/mol. The van der Waals surface area contributed by atoms with E-state index in [1.807, 2.05) is 11.8 Å². The van der Waals surface area contributed by atoms with Gasteiger partial charge in [0.25, 0.3) is 0 Å². The van der Waals surface area contributed by atoms with Crippen LogP contribution in [0.25, 0.3) is 0 Å². The van der Waals surface area contributed by atoms with Crippen LogP contribution in [-0.2, 0) is 4.79 Å². The van der Waals surface area contributed by atoms with Crippen molar-refractivity contribution in [1.29, 1.82) is 0 Å². The van der Waals surface area contributed by atoms with Crippen LogP contribution in [0.1, 0.15) is 46.0 Å². The van der Waals surface area contributed by atoms with Crippen LogP contribution in [-0.4, -0.2) is 59.0 Å². The van der Waals surface area contributed by atoms with Gasteiger partial charge in [0.1, 0.15) is 0 Å². The highest BCUT2D eigenvalue weighted by atomic mass is 16.4. The van der Waals surface area contributed by atoms with E-state index < -0.39 is 0 Å². The van der Waals surface area contributed by atoms with Crippen LogP contribution in [0.2, 0.25) is 0 Å². The molecule has 0 bridgehead atoms. The molecule has 1 rings (SSSR count). The Morgan fingerprint density at radius 1 is 1.25 bits per heavy atom. The van der Waals surface area contributed by atoms with Gasteiger partial charge < -0.3 is 15.8 Å². The minimum absolute atomic E-state index is 0.0302. The summed E-state index contributed by atoms with van der Waals surface area (Å²) in [5, 5.41) is 11.9. The Labute approximate surface area is 121 Å². The number of amidine groups is 1. The van der Waals surface area contributed by atoms with Crippen molar-refractivity contribution in [2.45, 2.75) is 52.0 Å². The molecule has 0 saturated carbocycles. The maximum atomic E-state index is 12.0. The first-order valence-electron chi connectivity index (χ1n) is 7.63. The number of hydrogen-bond donors (Lipinski definition) is 2. The molecule has 0 radical (unpaired) electrons. The number of piperazine rings is 1. The second-order valence-corrected chi connectivity index (χ2v) is 5.32. The van der Waals surface area contributed by atoms with Crippen LogP contribution in [0.4, 0.5) is 0 Å². The second-order valence-electron chi connectivity index (χ2n) is 5.32. The lowest BCUT2D eigenvalue weighted by atomic mass is 10.1. The molecule has 1 saturated heterocycles. The van der Waals surface area contributed by atoms with Gasteiger partial charge >= 0.3 is 0 Å². The molecule has 1 heterocycles.